The minimum absolute atomic E-state index is 0.0977. The minimum atomic E-state index is 0.0977. The van der Waals surface area contributed by atoms with E-state index in [2.05, 4.69) is 39.8 Å². The van der Waals surface area contributed by atoms with E-state index in [1.54, 1.807) is 0 Å². The lowest BCUT2D eigenvalue weighted by Crippen LogP contribution is -2.42. The van der Waals surface area contributed by atoms with Gasteiger partial charge in [-0.15, -0.1) is 0 Å². The largest absolute Gasteiger partial charge is 0.353 e. The number of amides is 1. The summed E-state index contributed by atoms with van der Waals surface area (Å²) >= 11 is 0. The van der Waals surface area contributed by atoms with E-state index in [1.165, 1.54) is 17.5 Å². The zero-order valence-electron chi connectivity index (χ0n) is 14.7. The summed E-state index contributed by atoms with van der Waals surface area (Å²) in [6, 6.07) is 21.1. The first-order valence-corrected chi connectivity index (χ1v) is 9.10. The molecule has 4 nitrogen and oxygen atoms in total. The van der Waals surface area contributed by atoms with Gasteiger partial charge in [0, 0.05) is 25.7 Å². The van der Waals surface area contributed by atoms with E-state index in [0.29, 0.717) is 12.6 Å². The van der Waals surface area contributed by atoms with E-state index in [-0.39, 0.29) is 5.91 Å². The Hall–Kier alpha value is -2.17. The molecule has 0 bridgehead atoms. The molecule has 4 heteroatoms. The average Bonchev–Trinajstić information content (AvgIpc) is 3.15. The van der Waals surface area contributed by atoms with Crippen LogP contribution < -0.4 is 10.6 Å². The van der Waals surface area contributed by atoms with Crippen LogP contribution in [0.15, 0.2) is 60.7 Å². The predicted octanol–water partition coefficient (Wildman–Crippen LogP) is 2.56. The topological polar surface area (TPSA) is 44.4 Å². The summed E-state index contributed by atoms with van der Waals surface area (Å²) in [5.74, 6) is 0.0977. The summed E-state index contributed by atoms with van der Waals surface area (Å²) in [6.45, 7) is 3.74. The molecule has 2 N–H and O–H groups in total. The van der Waals surface area contributed by atoms with Gasteiger partial charge >= 0.3 is 0 Å². The van der Waals surface area contributed by atoms with Crippen LogP contribution in [0.4, 0.5) is 0 Å². The molecule has 1 aliphatic heterocycles. The summed E-state index contributed by atoms with van der Waals surface area (Å²) in [5.41, 5.74) is 2.45. The van der Waals surface area contributed by atoms with Gasteiger partial charge in [0.25, 0.3) is 0 Å². The number of benzene rings is 2. The number of hydrogen-bond acceptors (Lipinski definition) is 3. The van der Waals surface area contributed by atoms with E-state index in [1.807, 2.05) is 36.4 Å². The van der Waals surface area contributed by atoms with Crippen LogP contribution in [0.5, 0.6) is 0 Å². The molecule has 0 spiro atoms. The number of carbonyl (C=O) groups is 1. The zero-order chi connectivity index (χ0) is 17.3. The number of rotatable bonds is 8. The molecule has 2 aromatic carbocycles. The summed E-state index contributed by atoms with van der Waals surface area (Å²) in [7, 11) is 0. The molecule has 1 fully saturated rings. The summed E-state index contributed by atoms with van der Waals surface area (Å²) in [6.07, 6.45) is 2.35. The van der Waals surface area contributed by atoms with Gasteiger partial charge in [-0.05, 0) is 30.5 Å². The molecule has 1 unspecified atom stereocenters. The van der Waals surface area contributed by atoms with Gasteiger partial charge < -0.3 is 10.6 Å². The smallest absolute Gasteiger partial charge is 0.234 e. The van der Waals surface area contributed by atoms with Crippen LogP contribution >= 0.6 is 0 Å². The van der Waals surface area contributed by atoms with Crippen molar-refractivity contribution >= 4 is 5.91 Å². The third-order valence-corrected chi connectivity index (χ3v) is 4.57. The fourth-order valence-electron chi connectivity index (χ4n) is 3.28. The molecule has 132 valence electrons. The molecular weight excluding hydrogens is 310 g/mol. The second kappa shape index (κ2) is 9.35. The number of nitrogens with zero attached hydrogens (tertiary/aromatic N) is 1. The predicted molar refractivity (Wildman–Crippen MR) is 101 cm³/mol. The van der Waals surface area contributed by atoms with Crippen molar-refractivity contribution in [3.63, 3.8) is 0 Å². The summed E-state index contributed by atoms with van der Waals surface area (Å²) < 4.78 is 0. The van der Waals surface area contributed by atoms with Gasteiger partial charge in [0.2, 0.25) is 5.91 Å². The van der Waals surface area contributed by atoms with Crippen molar-refractivity contribution in [1.29, 1.82) is 0 Å². The van der Waals surface area contributed by atoms with Gasteiger partial charge in [-0.1, -0.05) is 60.7 Å². The highest BCUT2D eigenvalue weighted by Crippen LogP contribution is 2.10. The van der Waals surface area contributed by atoms with E-state index >= 15 is 0 Å². The lowest BCUT2D eigenvalue weighted by Gasteiger charge is -2.22. The Balaban J connectivity index is 1.57. The highest BCUT2D eigenvalue weighted by atomic mass is 16.2. The molecule has 1 heterocycles. The maximum absolute atomic E-state index is 12.4. The standard InChI is InChI=1S/C21H27N3O/c25-21(23-14-20-12-7-13-22-20)17-24(15-18-8-3-1-4-9-18)16-19-10-5-2-6-11-19/h1-6,8-11,20,22H,7,12-17H2,(H,23,25). The van der Waals surface area contributed by atoms with Gasteiger partial charge in [0.1, 0.15) is 0 Å². The number of hydrogen-bond donors (Lipinski definition) is 2. The molecule has 1 aliphatic rings. The van der Waals surface area contributed by atoms with Crippen LogP contribution in [0.25, 0.3) is 0 Å². The maximum Gasteiger partial charge on any atom is 0.234 e. The maximum atomic E-state index is 12.4. The third kappa shape index (κ3) is 6.00. The van der Waals surface area contributed by atoms with Gasteiger partial charge in [-0.3, -0.25) is 9.69 Å². The van der Waals surface area contributed by atoms with Crippen molar-refractivity contribution in [1.82, 2.24) is 15.5 Å². The second-order valence-corrected chi connectivity index (χ2v) is 6.71. The normalized spacial score (nSPS) is 16.9. The summed E-state index contributed by atoms with van der Waals surface area (Å²) in [5, 5.41) is 6.50. The number of nitrogens with one attached hydrogen (secondary N) is 2. The van der Waals surface area contributed by atoms with Crippen molar-refractivity contribution in [2.75, 3.05) is 19.6 Å². The van der Waals surface area contributed by atoms with Crippen molar-refractivity contribution in [2.45, 2.75) is 32.0 Å². The van der Waals surface area contributed by atoms with E-state index in [9.17, 15) is 4.79 Å². The fraction of sp³-hybridized carbons (Fsp3) is 0.381. The number of carbonyl (C=O) groups excluding carboxylic acids is 1. The average molecular weight is 337 g/mol. The molecule has 1 saturated heterocycles. The van der Waals surface area contributed by atoms with Crippen LogP contribution in [0.3, 0.4) is 0 Å². The third-order valence-electron chi connectivity index (χ3n) is 4.57. The molecule has 1 atom stereocenters. The molecule has 0 aliphatic carbocycles. The molecule has 0 aromatic heterocycles. The molecule has 25 heavy (non-hydrogen) atoms. The lowest BCUT2D eigenvalue weighted by molar-refractivity contribution is -0.122. The molecule has 2 aromatic rings. The van der Waals surface area contributed by atoms with Crippen molar-refractivity contribution in [3.8, 4) is 0 Å². The van der Waals surface area contributed by atoms with Crippen LogP contribution in [-0.2, 0) is 17.9 Å². The zero-order valence-corrected chi connectivity index (χ0v) is 14.7. The van der Waals surface area contributed by atoms with E-state index < -0.39 is 0 Å². The van der Waals surface area contributed by atoms with E-state index in [4.69, 9.17) is 0 Å². The van der Waals surface area contributed by atoms with Crippen LogP contribution in [0, 0.1) is 0 Å². The summed E-state index contributed by atoms with van der Waals surface area (Å²) in [4.78, 5) is 14.6. The highest BCUT2D eigenvalue weighted by molar-refractivity contribution is 5.78. The Kier molecular flexibility index (Phi) is 6.60. The van der Waals surface area contributed by atoms with Crippen LogP contribution in [0.2, 0.25) is 0 Å². The Morgan fingerprint density at radius 2 is 1.60 bits per heavy atom. The van der Waals surface area contributed by atoms with Crippen molar-refractivity contribution in [2.24, 2.45) is 0 Å². The Morgan fingerprint density at radius 3 is 2.12 bits per heavy atom. The molecule has 1 amide bonds. The van der Waals surface area contributed by atoms with Crippen molar-refractivity contribution in [3.05, 3.63) is 71.8 Å². The first-order valence-electron chi connectivity index (χ1n) is 9.10. The lowest BCUT2D eigenvalue weighted by atomic mass is 10.1. The second-order valence-electron chi connectivity index (χ2n) is 6.71. The molecular formula is C21H27N3O. The van der Waals surface area contributed by atoms with E-state index in [0.717, 1.165) is 32.6 Å². The quantitative estimate of drug-likeness (QED) is 0.778. The molecule has 3 rings (SSSR count). The van der Waals surface area contributed by atoms with Gasteiger partial charge in [-0.25, -0.2) is 0 Å². The Labute approximate surface area is 150 Å². The van der Waals surface area contributed by atoms with Gasteiger partial charge in [0.15, 0.2) is 0 Å². The van der Waals surface area contributed by atoms with Crippen molar-refractivity contribution < 1.29 is 4.79 Å². The first-order chi connectivity index (χ1) is 12.3. The fourth-order valence-corrected chi connectivity index (χ4v) is 3.28. The SMILES string of the molecule is O=C(CN(Cc1ccccc1)Cc1ccccc1)NCC1CCCN1. The molecule has 0 saturated carbocycles. The minimum Gasteiger partial charge on any atom is -0.353 e. The molecule has 0 radical (unpaired) electrons. The van der Waals surface area contributed by atoms with Gasteiger partial charge in [-0.2, -0.15) is 0 Å². The Bertz CT molecular complexity index is 597. The monoisotopic (exact) mass is 337 g/mol. The first kappa shape index (κ1) is 17.6. The van der Waals surface area contributed by atoms with Crippen LogP contribution in [-0.4, -0.2) is 36.5 Å². The van der Waals surface area contributed by atoms with Crippen LogP contribution in [0.1, 0.15) is 24.0 Å². The Morgan fingerprint density at radius 1 is 1.00 bits per heavy atom. The van der Waals surface area contributed by atoms with Gasteiger partial charge in [0.05, 0.1) is 6.54 Å². The highest BCUT2D eigenvalue weighted by Gasteiger charge is 2.16.